The minimum atomic E-state index is -0.265. The molecule has 4 nitrogen and oxygen atoms in total. The summed E-state index contributed by atoms with van der Waals surface area (Å²) in [4.78, 5) is 14.7. The van der Waals surface area contributed by atoms with Crippen molar-refractivity contribution >= 4 is 27.5 Å². The van der Waals surface area contributed by atoms with Crippen LogP contribution in [0.25, 0.3) is 0 Å². The summed E-state index contributed by atoms with van der Waals surface area (Å²) in [5, 5.41) is 4.14. The zero-order chi connectivity index (χ0) is 15.4. The molecule has 1 amide bonds. The van der Waals surface area contributed by atoms with Gasteiger partial charge in [-0.25, -0.2) is 5.43 Å². The molecular formula is C16H18BrN3O. The summed E-state index contributed by atoms with van der Waals surface area (Å²) in [7, 11) is 0. The van der Waals surface area contributed by atoms with E-state index in [-0.39, 0.29) is 5.91 Å². The minimum Gasteiger partial charge on any atom is -0.356 e. The zero-order valence-electron chi connectivity index (χ0n) is 12.3. The molecule has 21 heavy (non-hydrogen) atoms. The van der Waals surface area contributed by atoms with E-state index in [9.17, 15) is 4.79 Å². The number of rotatable bonds is 4. The van der Waals surface area contributed by atoms with Crippen LogP contribution in [0, 0.1) is 0 Å². The first kappa shape index (κ1) is 15.5. The fourth-order valence-electron chi connectivity index (χ4n) is 1.87. The second-order valence-corrected chi connectivity index (χ2v) is 6.06. The predicted octanol–water partition coefficient (Wildman–Crippen LogP) is 4.05. The summed E-state index contributed by atoms with van der Waals surface area (Å²) in [6.07, 6.45) is 1.70. The minimum absolute atomic E-state index is 0.265. The lowest BCUT2D eigenvalue weighted by Crippen LogP contribution is -2.19. The van der Waals surface area contributed by atoms with Crippen LogP contribution in [-0.2, 0) is 0 Å². The Bertz CT molecular complexity index is 656. The van der Waals surface area contributed by atoms with Crippen LogP contribution in [0.2, 0.25) is 0 Å². The topological polar surface area (TPSA) is 57.2 Å². The maximum Gasteiger partial charge on any atom is 0.287 e. The highest BCUT2D eigenvalue weighted by atomic mass is 79.9. The van der Waals surface area contributed by atoms with Gasteiger partial charge in [0, 0.05) is 10.7 Å². The molecule has 2 rings (SSSR count). The van der Waals surface area contributed by atoms with Crippen LogP contribution in [0.3, 0.4) is 0 Å². The number of amides is 1. The number of halogens is 1. The summed E-state index contributed by atoms with van der Waals surface area (Å²) in [5.41, 5.74) is 6.06. The average Bonchev–Trinajstić information content (AvgIpc) is 2.91. The van der Waals surface area contributed by atoms with Crippen molar-refractivity contribution in [2.45, 2.75) is 26.7 Å². The average molecular weight is 348 g/mol. The number of hydrazone groups is 1. The molecule has 0 fully saturated rings. The van der Waals surface area contributed by atoms with E-state index in [1.54, 1.807) is 12.3 Å². The Morgan fingerprint density at radius 1 is 1.29 bits per heavy atom. The number of benzene rings is 1. The lowest BCUT2D eigenvalue weighted by Gasteiger charge is -2.07. The largest absolute Gasteiger partial charge is 0.356 e. The van der Waals surface area contributed by atoms with Crippen molar-refractivity contribution in [1.82, 2.24) is 10.4 Å². The summed E-state index contributed by atoms with van der Waals surface area (Å²) in [6.45, 7) is 6.19. The fourth-order valence-corrected chi connectivity index (χ4v) is 2.21. The fraction of sp³-hybridized carbons (Fsp3) is 0.250. The maximum absolute atomic E-state index is 11.9. The van der Waals surface area contributed by atoms with Gasteiger partial charge in [-0.15, -0.1) is 0 Å². The van der Waals surface area contributed by atoms with Gasteiger partial charge in [-0.3, -0.25) is 4.79 Å². The normalized spacial score (nSPS) is 11.8. The Balaban J connectivity index is 2.05. The number of hydrogen-bond donors (Lipinski definition) is 2. The molecule has 0 aliphatic heterocycles. The Morgan fingerprint density at radius 2 is 1.95 bits per heavy atom. The van der Waals surface area contributed by atoms with Gasteiger partial charge in [0.05, 0.1) is 5.71 Å². The van der Waals surface area contributed by atoms with Gasteiger partial charge in [0.15, 0.2) is 0 Å². The molecule has 0 aliphatic carbocycles. The number of hydrogen-bond acceptors (Lipinski definition) is 2. The van der Waals surface area contributed by atoms with Crippen molar-refractivity contribution in [3.05, 3.63) is 57.8 Å². The van der Waals surface area contributed by atoms with E-state index in [2.05, 4.69) is 57.4 Å². The molecule has 2 N–H and O–H groups in total. The molecule has 0 aliphatic rings. The number of nitrogens with one attached hydrogen (secondary N) is 2. The lowest BCUT2D eigenvalue weighted by atomic mass is 10.0. The zero-order valence-corrected chi connectivity index (χ0v) is 13.9. The molecule has 110 valence electrons. The number of carbonyl (C=O) groups excluding carboxylic acids is 1. The molecule has 1 aromatic carbocycles. The summed E-state index contributed by atoms with van der Waals surface area (Å²) < 4.78 is 0.831. The van der Waals surface area contributed by atoms with Crippen molar-refractivity contribution in [2.75, 3.05) is 0 Å². The maximum atomic E-state index is 11.9. The van der Waals surface area contributed by atoms with Gasteiger partial charge in [-0.1, -0.05) is 38.1 Å². The van der Waals surface area contributed by atoms with E-state index < -0.39 is 0 Å². The van der Waals surface area contributed by atoms with Crippen molar-refractivity contribution in [1.29, 1.82) is 0 Å². The monoisotopic (exact) mass is 347 g/mol. The SMILES string of the molecule is C/C(=N/NC(=O)c1cc(Br)c[nH]1)c1ccc(C(C)C)cc1. The molecule has 2 aromatic rings. The highest BCUT2D eigenvalue weighted by molar-refractivity contribution is 9.10. The Hall–Kier alpha value is -1.88. The lowest BCUT2D eigenvalue weighted by molar-refractivity contribution is 0.0950. The molecule has 0 spiro atoms. The second-order valence-electron chi connectivity index (χ2n) is 5.15. The highest BCUT2D eigenvalue weighted by Gasteiger charge is 2.07. The summed E-state index contributed by atoms with van der Waals surface area (Å²) >= 11 is 3.29. The summed E-state index contributed by atoms with van der Waals surface area (Å²) in [6, 6.07) is 9.92. The van der Waals surface area contributed by atoms with Crippen LogP contribution in [0.4, 0.5) is 0 Å². The molecule has 0 radical (unpaired) electrons. The van der Waals surface area contributed by atoms with Gasteiger partial charge >= 0.3 is 0 Å². The first-order chi connectivity index (χ1) is 9.97. The van der Waals surface area contributed by atoms with E-state index in [4.69, 9.17) is 0 Å². The van der Waals surface area contributed by atoms with Crippen LogP contribution >= 0.6 is 15.9 Å². The third-order valence-electron chi connectivity index (χ3n) is 3.21. The van der Waals surface area contributed by atoms with E-state index >= 15 is 0 Å². The van der Waals surface area contributed by atoms with Crippen LogP contribution in [-0.4, -0.2) is 16.6 Å². The number of aromatic nitrogens is 1. The van der Waals surface area contributed by atoms with Gasteiger partial charge in [-0.2, -0.15) is 5.10 Å². The first-order valence-corrected chi connectivity index (χ1v) is 7.55. The number of carbonyl (C=O) groups is 1. The Kier molecular flexibility index (Phi) is 4.96. The molecule has 0 unspecified atom stereocenters. The molecule has 1 aromatic heterocycles. The van der Waals surface area contributed by atoms with Gasteiger partial charge in [-0.05, 0) is 46.0 Å². The highest BCUT2D eigenvalue weighted by Crippen LogP contribution is 2.15. The van der Waals surface area contributed by atoms with Crippen molar-refractivity contribution in [2.24, 2.45) is 5.10 Å². The van der Waals surface area contributed by atoms with Crippen molar-refractivity contribution in [3.63, 3.8) is 0 Å². The Morgan fingerprint density at radius 3 is 2.48 bits per heavy atom. The van der Waals surface area contributed by atoms with Crippen molar-refractivity contribution < 1.29 is 4.79 Å². The van der Waals surface area contributed by atoms with E-state index in [1.807, 2.05) is 19.1 Å². The van der Waals surface area contributed by atoms with Gasteiger partial charge in [0.2, 0.25) is 0 Å². The molecule has 1 heterocycles. The van der Waals surface area contributed by atoms with Crippen LogP contribution in [0.1, 0.15) is 48.3 Å². The van der Waals surface area contributed by atoms with Gasteiger partial charge in [0.1, 0.15) is 5.69 Å². The summed E-state index contributed by atoms with van der Waals surface area (Å²) in [5.74, 6) is 0.237. The molecule has 0 saturated carbocycles. The van der Waals surface area contributed by atoms with Crippen molar-refractivity contribution in [3.8, 4) is 0 Å². The first-order valence-electron chi connectivity index (χ1n) is 6.76. The van der Waals surface area contributed by atoms with Crippen LogP contribution < -0.4 is 5.43 Å². The molecule has 5 heteroatoms. The van der Waals surface area contributed by atoms with E-state index in [0.29, 0.717) is 11.6 Å². The van der Waals surface area contributed by atoms with Crippen LogP contribution in [0.15, 0.2) is 46.1 Å². The Labute approximate surface area is 132 Å². The third-order valence-corrected chi connectivity index (χ3v) is 3.67. The number of nitrogens with zero attached hydrogens (tertiary/aromatic N) is 1. The molecule has 0 atom stereocenters. The molecule has 0 saturated heterocycles. The number of aromatic amines is 1. The smallest absolute Gasteiger partial charge is 0.287 e. The second kappa shape index (κ2) is 6.72. The number of H-pyrrole nitrogens is 1. The quantitative estimate of drug-likeness (QED) is 0.636. The van der Waals surface area contributed by atoms with E-state index in [0.717, 1.165) is 15.7 Å². The predicted molar refractivity (Wildman–Crippen MR) is 88.7 cm³/mol. The standard InChI is InChI=1S/C16H18BrN3O/c1-10(2)12-4-6-13(7-5-12)11(3)19-20-16(21)15-8-14(17)9-18-15/h4-10,18H,1-3H3,(H,20,21)/b19-11-. The third kappa shape index (κ3) is 4.04. The molecule has 0 bridgehead atoms. The van der Waals surface area contributed by atoms with Crippen LogP contribution in [0.5, 0.6) is 0 Å². The van der Waals surface area contributed by atoms with Gasteiger partial charge < -0.3 is 4.98 Å². The van der Waals surface area contributed by atoms with Gasteiger partial charge in [0.25, 0.3) is 5.91 Å². The van der Waals surface area contributed by atoms with E-state index in [1.165, 1.54) is 5.56 Å². The molecular weight excluding hydrogens is 330 g/mol.